The van der Waals surface area contributed by atoms with Crippen molar-refractivity contribution in [1.29, 1.82) is 0 Å². The summed E-state index contributed by atoms with van der Waals surface area (Å²) in [5.41, 5.74) is 3.10. The monoisotopic (exact) mass is 397 g/mol. The van der Waals surface area contributed by atoms with E-state index in [1.807, 2.05) is 42.5 Å². The van der Waals surface area contributed by atoms with Crippen LogP contribution < -0.4 is 14.4 Å². The number of nitrogens with zero attached hydrogens (tertiary/aromatic N) is 1. The van der Waals surface area contributed by atoms with Gasteiger partial charge in [0.25, 0.3) is 5.91 Å². The molecule has 154 valence electrons. The van der Waals surface area contributed by atoms with Gasteiger partial charge < -0.3 is 19.1 Å². The third-order valence-corrected chi connectivity index (χ3v) is 4.97. The zero-order chi connectivity index (χ0) is 20.8. The second-order valence-electron chi connectivity index (χ2n) is 7.32. The van der Waals surface area contributed by atoms with Crippen molar-refractivity contribution in [2.24, 2.45) is 0 Å². The Hall–Kier alpha value is -3.02. The van der Waals surface area contributed by atoms with Gasteiger partial charge in [0.2, 0.25) is 0 Å². The molecule has 0 unspecified atom stereocenters. The highest BCUT2D eigenvalue weighted by atomic mass is 16.6. The number of aryl methyl sites for hydroxylation is 1. The Balaban J connectivity index is 1.50. The van der Waals surface area contributed by atoms with E-state index in [0.717, 1.165) is 29.8 Å². The Morgan fingerprint density at radius 3 is 2.45 bits per heavy atom. The number of hydrogen-bond donors (Lipinski definition) is 0. The Bertz CT molecular complexity index is 860. The van der Waals surface area contributed by atoms with Crippen LogP contribution >= 0.6 is 0 Å². The average Bonchev–Trinajstić information content (AvgIpc) is 2.75. The number of amides is 1. The number of esters is 1. The molecule has 1 heterocycles. The lowest BCUT2D eigenvalue weighted by molar-refractivity contribution is -0.149. The van der Waals surface area contributed by atoms with Crippen molar-refractivity contribution in [3.05, 3.63) is 53.6 Å². The predicted molar refractivity (Wildman–Crippen MR) is 111 cm³/mol. The van der Waals surface area contributed by atoms with Crippen molar-refractivity contribution in [2.45, 2.75) is 32.6 Å². The van der Waals surface area contributed by atoms with Crippen LogP contribution in [0.5, 0.6) is 11.5 Å². The van der Waals surface area contributed by atoms with Crippen LogP contribution in [0.3, 0.4) is 0 Å². The van der Waals surface area contributed by atoms with Gasteiger partial charge in [-0.2, -0.15) is 0 Å². The third kappa shape index (κ3) is 5.28. The number of fused-ring (bicyclic) bond motifs is 1. The Kier molecular flexibility index (Phi) is 6.75. The molecule has 1 amide bonds. The number of hydrogen-bond acceptors (Lipinski definition) is 5. The Morgan fingerprint density at radius 2 is 1.76 bits per heavy atom. The van der Waals surface area contributed by atoms with E-state index in [9.17, 15) is 9.59 Å². The number of benzene rings is 2. The average molecular weight is 397 g/mol. The van der Waals surface area contributed by atoms with Gasteiger partial charge in [0.15, 0.2) is 13.2 Å². The fraction of sp³-hybridized carbons (Fsp3) is 0.391. The SMILES string of the molecule is COc1ccc2c(c1)CCCN2C(=O)COC(=O)COc1ccc(C(C)C)cc1. The van der Waals surface area contributed by atoms with E-state index in [0.29, 0.717) is 18.2 Å². The van der Waals surface area contributed by atoms with Crippen molar-refractivity contribution in [3.8, 4) is 11.5 Å². The fourth-order valence-electron chi connectivity index (χ4n) is 3.31. The Labute approximate surface area is 171 Å². The molecule has 0 aliphatic carbocycles. The van der Waals surface area contributed by atoms with Crippen LogP contribution in [0.15, 0.2) is 42.5 Å². The van der Waals surface area contributed by atoms with Crippen molar-refractivity contribution in [3.63, 3.8) is 0 Å². The molecule has 0 radical (unpaired) electrons. The summed E-state index contributed by atoms with van der Waals surface area (Å²) < 4.78 is 15.8. The van der Waals surface area contributed by atoms with Gasteiger partial charge in [-0.15, -0.1) is 0 Å². The molecule has 0 spiro atoms. The minimum atomic E-state index is -0.571. The van der Waals surface area contributed by atoms with Crippen molar-refractivity contribution in [2.75, 3.05) is 31.8 Å². The summed E-state index contributed by atoms with van der Waals surface area (Å²) in [6.07, 6.45) is 1.74. The van der Waals surface area contributed by atoms with Crippen molar-refractivity contribution in [1.82, 2.24) is 0 Å². The normalized spacial score (nSPS) is 13.0. The fourth-order valence-corrected chi connectivity index (χ4v) is 3.31. The van der Waals surface area contributed by atoms with Crippen LogP contribution in [0.25, 0.3) is 0 Å². The lowest BCUT2D eigenvalue weighted by atomic mass is 10.0. The maximum atomic E-state index is 12.6. The summed E-state index contributed by atoms with van der Waals surface area (Å²) in [6.45, 7) is 4.29. The summed E-state index contributed by atoms with van der Waals surface area (Å²) in [5.74, 6) is 0.977. The van der Waals surface area contributed by atoms with E-state index in [1.165, 1.54) is 5.56 Å². The number of rotatable bonds is 7. The van der Waals surface area contributed by atoms with Gasteiger partial charge >= 0.3 is 5.97 Å². The van der Waals surface area contributed by atoms with E-state index >= 15 is 0 Å². The second kappa shape index (κ2) is 9.45. The molecule has 0 aromatic heterocycles. The highest BCUT2D eigenvalue weighted by Gasteiger charge is 2.24. The molecule has 3 rings (SSSR count). The minimum absolute atomic E-state index is 0.234. The molecule has 0 atom stereocenters. The second-order valence-corrected chi connectivity index (χ2v) is 7.32. The Morgan fingerprint density at radius 1 is 1.03 bits per heavy atom. The maximum Gasteiger partial charge on any atom is 0.344 e. The topological polar surface area (TPSA) is 65.1 Å². The van der Waals surface area contributed by atoms with E-state index in [2.05, 4.69) is 13.8 Å². The maximum absolute atomic E-state index is 12.6. The molecule has 2 aromatic rings. The van der Waals surface area contributed by atoms with Gasteiger partial charge in [-0.25, -0.2) is 4.79 Å². The van der Waals surface area contributed by atoms with Crippen molar-refractivity contribution >= 4 is 17.6 Å². The van der Waals surface area contributed by atoms with Crippen LogP contribution in [0.1, 0.15) is 37.3 Å². The summed E-state index contributed by atoms with van der Waals surface area (Å²) in [4.78, 5) is 26.2. The summed E-state index contributed by atoms with van der Waals surface area (Å²) in [6, 6.07) is 13.2. The van der Waals surface area contributed by atoms with Gasteiger partial charge in [0, 0.05) is 12.2 Å². The molecule has 6 heteroatoms. The van der Waals surface area contributed by atoms with Crippen LogP contribution in [-0.2, 0) is 20.7 Å². The largest absolute Gasteiger partial charge is 0.497 e. The molecule has 0 bridgehead atoms. The molecule has 1 aliphatic rings. The first-order chi connectivity index (χ1) is 14.0. The smallest absolute Gasteiger partial charge is 0.344 e. The highest BCUT2D eigenvalue weighted by molar-refractivity contribution is 5.96. The molecule has 0 fully saturated rings. The zero-order valence-electron chi connectivity index (χ0n) is 17.1. The lowest BCUT2D eigenvalue weighted by Gasteiger charge is -2.29. The first-order valence-corrected chi connectivity index (χ1v) is 9.83. The van der Waals surface area contributed by atoms with Gasteiger partial charge in [-0.05, 0) is 60.2 Å². The first kappa shape index (κ1) is 20.7. The highest BCUT2D eigenvalue weighted by Crippen LogP contribution is 2.30. The van der Waals surface area contributed by atoms with E-state index in [1.54, 1.807) is 12.0 Å². The summed E-state index contributed by atoms with van der Waals surface area (Å²) in [7, 11) is 1.62. The lowest BCUT2D eigenvalue weighted by Crippen LogP contribution is -2.38. The molecule has 6 nitrogen and oxygen atoms in total. The van der Waals surface area contributed by atoms with Crippen LogP contribution in [0, 0.1) is 0 Å². The first-order valence-electron chi connectivity index (χ1n) is 9.83. The number of carbonyl (C=O) groups is 2. The molecule has 0 N–H and O–H groups in total. The number of anilines is 1. The van der Waals surface area contributed by atoms with Crippen molar-refractivity contribution < 1.29 is 23.8 Å². The van der Waals surface area contributed by atoms with Crippen LogP contribution in [0.4, 0.5) is 5.69 Å². The third-order valence-electron chi connectivity index (χ3n) is 4.97. The number of ether oxygens (including phenoxy) is 3. The molecule has 1 aliphatic heterocycles. The molecule has 2 aromatic carbocycles. The van der Waals surface area contributed by atoms with Crippen LogP contribution in [-0.4, -0.2) is 38.7 Å². The molecular weight excluding hydrogens is 370 g/mol. The summed E-state index contributed by atoms with van der Waals surface area (Å²) >= 11 is 0. The van der Waals surface area contributed by atoms with E-state index in [-0.39, 0.29) is 19.1 Å². The van der Waals surface area contributed by atoms with Crippen LogP contribution in [0.2, 0.25) is 0 Å². The molecule has 0 saturated heterocycles. The quantitative estimate of drug-likeness (QED) is 0.666. The molecule has 0 saturated carbocycles. The van der Waals surface area contributed by atoms with E-state index in [4.69, 9.17) is 14.2 Å². The zero-order valence-corrected chi connectivity index (χ0v) is 17.1. The van der Waals surface area contributed by atoms with Gasteiger partial charge in [0.1, 0.15) is 11.5 Å². The predicted octanol–water partition coefficient (Wildman–Crippen LogP) is 3.72. The molecular formula is C23H27NO5. The number of methoxy groups -OCH3 is 1. The van der Waals surface area contributed by atoms with Gasteiger partial charge in [-0.1, -0.05) is 26.0 Å². The standard InChI is InChI=1S/C23H27NO5/c1-16(2)17-6-8-19(9-7-17)28-15-23(26)29-14-22(25)24-12-4-5-18-13-20(27-3)10-11-21(18)24/h6-11,13,16H,4-5,12,14-15H2,1-3H3. The molecule has 29 heavy (non-hydrogen) atoms. The van der Waals surface area contributed by atoms with E-state index < -0.39 is 5.97 Å². The minimum Gasteiger partial charge on any atom is -0.497 e. The van der Waals surface area contributed by atoms with Gasteiger partial charge in [-0.3, -0.25) is 4.79 Å². The van der Waals surface area contributed by atoms with Gasteiger partial charge in [0.05, 0.1) is 7.11 Å². The number of carbonyl (C=O) groups excluding carboxylic acids is 2. The summed E-state index contributed by atoms with van der Waals surface area (Å²) in [5, 5.41) is 0.